The molecule has 1 N–H and O–H groups in total. The largest absolute Gasteiger partial charge is 0.349 e. The van der Waals surface area contributed by atoms with E-state index in [1.165, 1.54) is 0 Å². The van der Waals surface area contributed by atoms with E-state index in [9.17, 15) is 10.1 Å². The molecule has 0 spiro atoms. The van der Waals surface area contributed by atoms with E-state index in [0.29, 0.717) is 10.7 Å². The molecule has 4 nitrogen and oxygen atoms in total. The molecule has 0 fully saturated rings. The summed E-state index contributed by atoms with van der Waals surface area (Å²) >= 11 is 5.93. The van der Waals surface area contributed by atoms with Gasteiger partial charge in [0.15, 0.2) is 0 Å². The summed E-state index contributed by atoms with van der Waals surface area (Å²) in [6, 6.07) is 9.22. The van der Waals surface area contributed by atoms with Gasteiger partial charge in [0.05, 0.1) is 0 Å². The summed E-state index contributed by atoms with van der Waals surface area (Å²) in [6.45, 7) is 8.93. The Bertz CT molecular complexity index is 872. The van der Waals surface area contributed by atoms with Crippen LogP contribution in [0.4, 0.5) is 5.69 Å². The van der Waals surface area contributed by atoms with Crippen LogP contribution in [0.15, 0.2) is 29.8 Å². The average molecular weight is 356 g/mol. The first-order valence-electron chi connectivity index (χ1n) is 8.23. The molecule has 0 radical (unpaired) electrons. The van der Waals surface area contributed by atoms with Gasteiger partial charge >= 0.3 is 0 Å². The second-order valence-electron chi connectivity index (χ2n) is 6.06. The number of hydrogen-bond acceptors (Lipinski definition) is 2. The maximum atomic E-state index is 12.5. The number of hydrogen-bond donors (Lipinski definition) is 1. The van der Waals surface area contributed by atoms with Gasteiger partial charge in [-0.3, -0.25) is 4.79 Å². The van der Waals surface area contributed by atoms with Crippen LogP contribution in [0.3, 0.4) is 0 Å². The number of nitriles is 1. The highest BCUT2D eigenvalue weighted by Gasteiger charge is 2.13. The van der Waals surface area contributed by atoms with E-state index in [0.717, 1.165) is 35.5 Å². The second kappa shape index (κ2) is 8.04. The van der Waals surface area contributed by atoms with E-state index in [-0.39, 0.29) is 5.57 Å². The van der Waals surface area contributed by atoms with Crippen molar-refractivity contribution in [1.82, 2.24) is 4.57 Å². The van der Waals surface area contributed by atoms with E-state index >= 15 is 0 Å². The Morgan fingerprint density at radius 1 is 1.32 bits per heavy atom. The quantitative estimate of drug-likeness (QED) is 0.604. The van der Waals surface area contributed by atoms with Gasteiger partial charge in [0, 0.05) is 28.6 Å². The van der Waals surface area contributed by atoms with Crippen LogP contribution in [0.5, 0.6) is 0 Å². The SMILES string of the molecule is CCCn1c(C)cc(C=C(C#N)C(=O)Nc2ccc(Cl)cc2C)c1C. The molecule has 1 amide bonds. The highest BCUT2D eigenvalue weighted by Crippen LogP contribution is 2.22. The van der Waals surface area contributed by atoms with Crippen molar-refractivity contribution in [3.63, 3.8) is 0 Å². The van der Waals surface area contributed by atoms with Crippen LogP contribution in [-0.2, 0) is 11.3 Å². The molecule has 1 aromatic carbocycles. The Balaban J connectivity index is 2.30. The lowest BCUT2D eigenvalue weighted by Gasteiger charge is -2.08. The molecule has 130 valence electrons. The zero-order valence-corrected chi connectivity index (χ0v) is 15.7. The molecule has 0 atom stereocenters. The van der Waals surface area contributed by atoms with Gasteiger partial charge in [-0.25, -0.2) is 0 Å². The molecular weight excluding hydrogens is 334 g/mol. The molecule has 1 heterocycles. The number of benzene rings is 1. The van der Waals surface area contributed by atoms with Crippen LogP contribution in [0.1, 0.15) is 35.9 Å². The van der Waals surface area contributed by atoms with Crippen LogP contribution >= 0.6 is 11.6 Å². The van der Waals surface area contributed by atoms with Gasteiger partial charge in [-0.15, -0.1) is 0 Å². The van der Waals surface area contributed by atoms with Crippen molar-refractivity contribution < 1.29 is 4.79 Å². The smallest absolute Gasteiger partial charge is 0.266 e. The number of nitrogens with one attached hydrogen (secondary N) is 1. The van der Waals surface area contributed by atoms with Crippen LogP contribution in [0.2, 0.25) is 5.02 Å². The van der Waals surface area contributed by atoms with Gasteiger partial charge in [-0.05, 0) is 68.7 Å². The molecule has 0 saturated heterocycles. The molecule has 0 aliphatic carbocycles. The molecule has 2 rings (SSSR count). The van der Waals surface area contributed by atoms with Gasteiger partial charge in [-0.2, -0.15) is 5.26 Å². The minimum atomic E-state index is -0.423. The molecule has 0 unspecified atom stereocenters. The van der Waals surface area contributed by atoms with Gasteiger partial charge < -0.3 is 9.88 Å². The predicted octanol–water partition coefficient (Wildman–Crippen LogP) is 5.02. The average Bonchev–Trinajstić information content (AvgIpc) is 2.83. The third-order valence-corrected chi connectivity index (χ3v) is 4.40. The molecule has 25 heavy (non-hydrogen) atoms. The molecule has 0 saturated carbocycles. The molecule has 5 heteroatoms. The van der Waals surface area contributed by atoms with Crippen molar-refractivity contribution in [3.05, 3.63) is 57.4 Å². The van der Waals surface area contributed by atoms with E-state index in [1.807, 2.05) is 32.9 Å². The molecule has 1 aromatic heterocycles. The first kappa shape index (κ1) is 18.8. The summed E-state index contributed by atoms with van der Waals surface area (Å²) in [6.07, 6.45) is 2.68. The van der Waals surface area contributed by atoms with Gasteiger partial charge in [0.25, 0.3) is 5.91 Å². The molecular formula is C20H22ClN3O. The number of nitrogens with zero attached hydrogens (tertiary/aromatic N) is 2. The fourth-order valence-electron chi connectivity index (χ4n) is 2.80. The van der Waals surface area contributed by atoms with Crippen molar-refractivity contribution in [2.24, 2.45) is 0 Å². The Kier molecular flexibility index (Phi) is 6.06. The van der Waals surface area contributed by atoms with E-state index < -0.39 is 5.91 Å². The minimum Gasteiger partial charge on any atom is -0.349 e. The number of aryl methyl sites for hydroxylation is 2. The highest BCUT2D eigenvalue weighted by atomic mass is 35.5. The summed E-state index contributed by atoms with van der Waals surface area (Å²) in [4.78, 5) is 12.5. The summed E-state index contributed by atoms with van der Waals surface area (Å²) in [7, 11) is 0. The first-order chi connectivity index (χ1) is 11.9. The number of carbonyl (C=O) groups is 1. The Morgan fingerprint density at radius 3 is 2.64 bits per heavy atom. The summed E-state index contributed by atoms with van der Waals surface area (Å²) in [5.41, 5.74) is 4.64. The van der Waals surface area contributed by atoms with Crippen LogP contribution in [-0.4, -0.2) is 10.5 Å². The van der Waals surface area contributed by atoms with Gasteiger partial charge in [0.2, 0.25) is 0 Å². The van der Waals surface area contributed by atoms with Crippen molar-refractivity contribution in [3.8, 4) is 6.07 Å². The fraction of sp³-hybridized carbons (Fsp3) is 0.300. The number of anilines is 1. The molecule has 0 aliphatic rings. The third kappa shape index (κ3) is 4.32. The highest BCUT2D eigenvalue weighted by molar-refractivity contribution is 6.30. The summed E-state index contributed by atoms with van der Waals surface area (Å²) < 4.78 is 2.20. The van der Waals surface area contributed by atoms with Crippen LogP contribution in [0, 0.1) is 32.1 Å². The Hall–Kier alpha value is -2.51. The maximum absolute atomic E-state index is 12.5. The lowest BCUT2D eigenvalue weighted by atomic mass is 10.1. The summed E-state index contributed by atoms with van der Waals surface area (Å²) in [5, 5.41) is 12.8. The molecule has 2 aromatic rings. The van der Waals surface area contributed by atoms with E-state index in [2.05, 4.69) is 16.8 Å². The zero-order valence-electron chi connectivity index (χ0n) is 15.0. The number of carbonyl (C=O) groups excluding carboxylic acids is 1. The second-order valence-corrected chi connectivity index (χ2v) is 6.50. The van der Waals surface area contributed by atoms with Crippen LogP contribution in [0.25, 0.3) is 6.08 Å². The van der Waals surface area contributed by atoms with Crippen molar-refractivity contribution >= 4 is 29.3 Å². The number of amides is 1. The van der Waals surface area contributed by atoms with Gasteiger partial charge in [0.1, 0.15) is 11.6 Å². The first-order valence-corrected chi connectivity index (χ1v) is 8.61. The fourth-order valence-corrected chi connectivity index (χ4v) is 3.03. The standard InChI is InChI=1S/C20H22ClN3O/c1-5-8-24-14(3)10-16(15(24)4)11-17(12-22)20(25)23-19-7-6-18(21)9-13(19)2/h6-7,9-11H,5,8H2,1-4H3,(H,23,25). The van der Waals surface area contributed by atoms with Crippen molar-refractivity contribution in [1.29, 1.82) is 5.26 Å². The molecule has 0 bridgehead atoms. The predicted molar refractivity (Wildman–Crippen MR) is 103 cm³/mol. The lowest BCUT2D eigenvalue weighted by Crippen LogP contribution is -2.14. The number of halogens is 1. The third-order valence-electron chi connectivity index (χ3n) is 4.16. The maximum Gasteiger partial charge on any atom is 0.266 e. The topological polar surface area (TPSA) is 57.8 Å². The van der Waals surface area contributed by atoms with Crippen LogP contribution < -0.4 is 5.32 Å². The number of aromatic nitrogens is 1. The lowest BCUT2D eigenvalue weighted by molar-refractivity contribution is -0.112. The zero-order chi connectivity index (χ0) is 18.6. The van der Waals surface area contributed by atoms with E-state index in [4.69, 9.17) is 11.6 Å². The monoisotopic (exact) mass is 355 g/mol. The minimum absolute atomic E-state index is 0.0751. The Labute approximate surface area is 153 Å². The van der Waals surface area contributed by atoms with E-state index in [1.54, 1.807) is 24.3 Å². The van der Waals surface area contributed by atoms with Crippen molar-refractivity contribution in [2.45, 2.75) is 40.7 Å². The Morgan fingerprint density at radius 2 is 2.04 bits per heavy atom. The summed E-state index contributed by atoms with van der Waals surface area (Å²) in [5.74, 6) is -0.423. The number of rotatable bonds is 5. The molecule has 0 aliphatic heterocycles. The van der Waals surface area contributed by atoms with Gasteiger partial charge in [-0.1, -0.05) is 18.5 Å². The normalized spacial score (nSPS) is 11.3. The van der Waals surface area contributed by atoms with Crippen molar-refractivity contribution in [2.75, 3.05) is 5.32 Å².